The van der Waals surface area contributed by atoms with Gasteiger partial charge in [-0.2, -0.15) is 0 Å². The molecule has 0 heterocycles. The van der Waals surface area contributed by atoms with E-state index in [9.17, 15) is 0 Å². The molecule has 0 N–H and O–H groups in total. The molecule has 2 aromatic carbocycles. The van der Waals surface area contributed by atoms with Crippen LogP contribution in [0.4, 0.5) is 0 Å². The van der Waals surface area contributed by atoms with Crippen LogP contribution in [0.2, 0.25) is 0 Å². The Hall–Kier alpha value is -1.56. The second kappa shape index (κ2) is 6.39. The molecule has 0 fully saturated rings. The first-order valence-corrected chi connectivity index (χ1v) is 6.98. The molecular formula is C18H24. The molecule has 1 aliphatic carbocycles. The van der Waals surface area contributed by atoms with E-state index in [1.807, 2.05) is 27.7 Å². The van der Waals surface area contributed by atoms with Crippen molar-refractivity contribution in [1.29, 1.82) is 0 Å². The second-order valence-corrected chi connectivity index (χ2v) is 4.03. The first-order chi connectivity index (χ1) is 8.77. The molecular weight excluding hydrogens is 216 g/mol. The summed E-state index contributed by atoms with van der Waals surface area (Å²) in [6.45, 7) is 12.4. The molecule has 0 atom stereocenters. The molecule has 3 rings (SSSR count). The molecule has 0 saturated heterocycles. The topological polar surface area (TPSA) is 0 Å². The average molecular weight is 240 g/mol. The van der Waals surface area contributed by atoms with E-state index in [1.54, 1.807) is 0 Å². The summed E-state index contributed by atoms with van der Waals surface area (Å²) in [5.74, 6) is 0. The van der Waals surface area contributed by atoms with Gasteiger partial charge in [-0.15, -0.1) is 0 Å². The maximum absolute atomic E-state index is 2.21. The molecule has 0 saturated carbocycles. The zero-order valence-electron chi connectivity index (χ0n) is 12.5. The Bertz CT molecular complexity index is 513. The minimum atomic E-state index is 1.37. The van der Waals surface area contributed by atoms with Crippen molar-refractivity contribution in [3.8, 4) is 0 Å². The standard InChI is InChI=1S/C14H12.2C2H6/c1-9-3-5-11-7-8-12-6-4-10(2)13(9)14(11)12;2*1-2/h3-8H,1-2H3;2*1-2H3. The first-order valence-electron chi connectivity index (χ1n) is 6.98. The van der Waals surface area contributed by atoms with Crippen LogP contribution < -0.4 is 0 Å². The van der Waals surface area contributed by atoms with E-state index < -0.39 is 0 Å². The van der Waals surface area contributed by atoms with Gasteiger partial charge in [0.2, 0.25) is 0 Å². The van der Waals surface area contributed by atoms with Gasteiger partial charge in [0.1, 0.15) is 0 Å². The fraction of sp³-hybridized carbons (Fsp3) is 0.333. The van der Waals surface area contributed by atoms with Gasteiger partial charge in [0.25, 0.3) is 0 Å². The first kappa shape index (κ1) is 14.5. The predicted molar refractivity (Wildman–Crippen MR) is 85.0 cm³/mol. The van der Waals surface area contributed by atoms with Crippen molar-refractivity contribution >= 4 is 22.9 Å². The molecule has 18 heavy (non-hydrogen) atoms. The maximum atomic E-state index is 2.21. The molecule has 0 spiro atoms. The van der Waals surface area contributed by atoms with Gasteiger partial charge in [-0.25, -0.2) is 0 Å². The van der Waals surface area contributed by atoms with Crippen LogP contribution in [0, 0.1) is 13.8 Å². The minimum absolute atomic E-state index is 1.37. The summed E-state index contributed by atoms with van der Waals surface area (Å²) in [7, 11) is 0. The van der Waals surface area contributed by atoms with Gasteiger partial charge in [0, 0.05) is 0 Å². The van der Waals surface area contributed by atoms with Crippen LogP contribution in [0.25, 0.3) is 22.9 Å². The Morgan fingerprint density at radius 2 is 0.944 bits per heavy atom. The molecule has 0 radical (unpaired) electrons. The van der Waals surface area contributed by atoms with E-state index in [0.717, 1.165) is 0 Å². The Morgan fingerprint density at radius 3 is 1.33 bits per heavy atom. The molecule has 0 heteroatoms. The number of aryl methyl sites for hydroxylation is 2. The van der Waals surface area contributed by atoms with Crippen LogP contribution in [-0.2, 0) is 0 Å². The highest BCUT2D eigenvalue weighted by Crippen LogP contribution is 2.34. The van der Waals surface area contributed by atoms with Gasteiger partial charge in [0.15, 0.2) is 0 Å². The Morgan fingerprint density at radius 1 is 0.556 bits per heavy atom. The summed E-state index contributed by atoms with van der Waals surface area (Å²) in [5, 5.41) is 2.87. The third kappa shape index (κ3) is 2.33. The zero-order chi connectivity index (χ0) is 13.7. The SMILES string of the molecule is CC.CC.Cc1ccc2c3c(ccc(C)c13)C=C2. The lowest BCUT2D eigenvalue weighted by Gasteiger charge is -2.08. The van der Waals surface area contributed by atoms with Crippen LogP contribution in [0.5, 0.6) is 0 Å². The zero-order valence-corrected chi connectivity index (χ0v) is 12.5. The second-order valence-electron chi connectivity index (χ2n) is 4.03. The van der Waals surface area contributed by atoms with Gasteiger partial charge >= 0.3 is 0 Å². The van der Waals surface area contributed by atoms with Crippen molar-refractivity contribution in [2.75, 3.05) is 0 Å². The number of rotatable bonds is 0. The Balaban J connectivity index is 0.000000371. The molecule has 2 aromatic rings. The highest BCUT2D eigenvalue weighted by Gasteiger charge is 2.11. The highest BCUT2D eigenvalue weighted by molar-refractivity contribution is 6.07. The van der Waals surface area contributed by atoms with Crippen molar-refractivity contribution in [3.63, 3.8) is 0 Å². The van der Waals surface area contributed by atoms with E-state index >= 15 is 0 Å². The Kier molecular flexibility index (Phi) is 5.15. The summed E-state index contributed by atoms with van der Waals surface area (Å²) < 4.78 is 0. The van der Waals surface area contributed by atoms with Crippen LogP contribution >= 0.6 is 0 Å². The molecule has 0 unspecified atom stereocenters. The van der Waals surface area contributed by atoms with Crippen LogP contribution in [0.15, 0.2) is 24.3 Å². The van der Waals surface area contributed by atoms with E-state index in [4.69, 9.17) is 0 Å². The molecule has 0 nitrogen and oxygen atoms in total. The minimum Gasteiger partial charge on any atom is -0.0683 e. The van der Waals surface area contributed by atoms with Crippen molar-refractivity contribution in [2.45, 2.75) is 41.5 Å². The van der Waals surface area contributed by atoms with Crippen molar-refractivity contribution in [3.05, 3.63) is 46.5 Å². The fourth-order valence-electron chi connectivity index (χ4n) is 2.38. The summed E-state index contributed by atoms with van der Waals surface area (Å²) in [6, 6.07) is 8.85. The Labute approximate surface area is 111 Å². The van der Waals surface area contributed by atoms with Gasteiger partial charge in [-0.1, -0.05) is 64.1 Å². The summed E-state index contributed by atoms with van der Waals surface area (Å²) in [5.41, 5.74) is 5.49. The van der Waals surface area contributed by atoms with Gasteiger partial charge < -0.3 is 0 Å². The number of hydrogen-bond acceptors (Lipinski definition) is 0. The average Bonchev–Trinajstić information content (AvgIpc) is 2.84. The van der Waals surface area contributed by atoms with Crippen LogP contribution in [-0.4, -0.2) is 0 Å². The number of hydrogen-bond donors (Lipinski definition) is 0. The molecule has 0 aliphatic heterocycles. The molecule has 1 aliphatic rings. The summed E-state index contributed by atoms with van der Waals surface area (Å²) in [4.78, 5) is 0. The quantitative estimate of drug-likeness (QED) is 0.452. The van der Waals surface area contributed by atoms with Crippen molar-refractivity contribution < 1.29 is 0 Å². The van der Waals surface area contributed by atoms with E-state index in [2.05, 4.69) is 50.3 Å². The lowest BCUT2D eigenvalue weighted by molar-refractivity contribution is 1.46. The molecule has 96 valence electrons. The highest BCUT2D eigenvalue weighted by atomic mass is 14.1. The van der Waals surface area contributed by atoms with Crippen LogP contribution in [0.1, 0.15) is 49.9 Å². The molecule has 0 bridgehead atoms. The van der Waals surface area contributed by atoms with Gasteiger partial charge in [-0.3, -0.25) is 0 Å². The predicted octanol–water partition coefficient (Wildman–Crippen LogP) is 5.99. The number of benzene rings is 2. The van der Waals surface area contributed by atoms with Crippen molar-refractivity contribution in [2.24, 2.45) is 0 Å². The normalized spacial score (nSPS) is 10.6. The lowest BCUT2D eigenvalue weighted by atomic mass is 9.96. The monoisotopic (exact) mass is 240 g/mol. The molecule has 0 aromatic heterocycles. The van der Waals surface area contributed by atoms with Crippen molar-refractivity contribution in [1.82, 2.24) is 0 Å². The van der Waals surface area contributed by atoms with E-state index in [-0.39, 0.29) is 0 Å². The maximum Gasteiger partial charge on any atom is -0.00335 e. The van der Waals surface area contributed by atoms with Gasteiger partial charge in [-0.05, 0) is 46.9 Å². The van der Waals surface area contributed by atoms with Gasteiger partial charge in [0.05, 0.1) is 0 Å². The smallest absolute Gasteiger partial charge is 0.00335 e. The summed E-state index contributed by atoms with van der Waals surface area (Å²) in [6.07, 6.45) is 4.41. The third-order valence-electron chi connectivity index (χ3n) is 3.08. The van der Waals surface area contributed by atoms with Crippen LogP contribution in [0.3, 0.4) is 0 Å². The third-order valence-corrected chi connectivity index (χ3v) is 3.08. The summed E-state index contributed by atoms with van der Waals surface area (Å²) >= 11 is 0. The largest absolute Gasteiger partial charge is 0.0683 e. The van der Waals surface area contributed by atoms with E-state index in [0.29, 0.717) is 0 Å². The lowest BCUT2D eigenvalue weighted by Crippen LogP contribution is -1.86. The van der Waals surface area contributed by atoms with E-state index in [1.165, 1.54) is 33.0 Å². The molecule has 0 amide bonds. The fourth-order valence-corrected chi connectivity index (χ4v) is 2.38.